The minimum absolute atomic E-state index is 0.0781. The second kappa shape index (κ2) is 8.14. The Hall–Kier alpha value is -0.360. The van der Waals surface area contributed by atoms with Crippen molar-refractivity contribution in [1.29, 1.82) is 0 Å². The smallest absolute Gasteiger partial charge is 0.195 e. The first kappa shape index (κ1) is 22.4. The third kappa shape index (κ3) is 3.57. The molecule has 3 atom stereocenters. The lowest BCUT2D eigenvalue weighted by atomic mass is 9.68. The molecular weight excluding hydrogens is 397 g/mol. The molecule has 2 nitrogen and oxygen atoms in total. The molecule has 0 unspecified atom stereocenters. The number of aliphatic imine (C=N–C) groups is 1. The topological polar surface area (TPSA) is 21.6 Å². The van der Waals surface area contributed by atoms with Crippen LogP contribution in [0.5, 0.6) is 0 Å². The Bertz CT molecular complexity index is 717. The van der Waals surface area contributed by atoms with E-state index in [0.29, 0.717) is 6.04 Å². The van der Waals surface area contributed by atoms with Gasteiger partial charge >= 0.3 is 0 Å². The van der Waals surface area contributed by atoms with Crippen LogP contribution in [0.4, 0.5) is 0 Å². The van der Waals surface area contributed by atoms with Crippen LogP contribution in [0.3, 0.4) is 0 Å². The molecule has 0 aromatic rings. The van der Waals surface area contributed by atoms with E-state index in [1.807, 2.05) is 5.31 Å². The number of ether oxygens (including phenoxy) is 1. The van der Waals surface area contributed by atoms with Crippen LogP contribution in [0, 0.1) is 22.2 Å². The van der Waals surface area contributed by atoms with Gasteiger partial charge < -0.3 is 4.74 Å². The SMILES string of the molecule is CC(C)(C)[C@H]1COC([C@@]23CC[C@H](C=C2P(C2CCCCC2)C2CCCCC2)C3(C)C)=N1. The van der Waals surface area contributed by atoms with Gasteiger partial charge in [-0.3, -0.25) is 0 Å². The highest BCUT2D eigenvalue weighted by Crippen LogP contribution is 2.77. The summed E-state index contributed by atoms with van der Waals surface area (Å²) in [5.41, 5.74) is 2.47. The van der Waals surface area contributed by atoms with Crippen LogP contribution in [0.1, 0.15) is 112 Å². The summed E-state index contributed by atoms with van der Waals surface area (Å²) in [6, 6.07) is 0.309. The molecule has 3 heteroatoms. The molecule has 0 saturated heterocycles. The Balaban J connectivity index is 1.56. The normalized spacial score (nSPS) is 36.6. The van der Waals surface area contributed by atoms with Gasteiger partial charge in [-0.15, -0.1) is 0 Å². The molecule has 1 aliphatic heterocycles. The van der Waals surface area contributed by atoms with Gasteiger partial charge in [0.2, 0.25) is 0 Å². The molecule has 0 radical (unpaired) electrons. The molecule has 31 heavy (non-hydrogen) atoms. The van der Waals surface area contributed by atoms with Crippen molar-refractivity contribution in [1.82, 2.24) is 0 Å². The number of rotatable bonds is 4. The molecule has 0 aromatic heterocycles. The van der Waals surface area contributed by atoms with Gasteiger partial charge in [0, 0.05) is 0 Å². The van der Waals surface area contributed by atoms with Gasteiger partial charge in [-0.2, -0.15) is 0 Å². The Kier molecular flexibility index (Phi) is 5.89. The van der Waals surface area contributed by atoms with Crippen LogP contribution in [-0.2, 0) is 4.74 Å². The summed E-state index contributed by atoms with van der Waals surface area (Å²) in [6.07, 6.45) is 20.2. The van der Waals surface area contributed by atoms with Crippen molar-refractivity contribution in [2.45, 2.75) is 129 Å². The van der Waals surface area contributed by atoms with Gasteiger partial charge in [-0.1, -0.05) is 87.1 Å². The Labute approximate surface area is 192 Å². The third-order valence-corrected chi connectivity index (χ3v) is 13.6. The molecule has 1 heterocycles. The minimum Gasteiger partial charge on any atom is -0.478 e. The summed E-state index contributed by atoms with van der Waals surface area (Å²) in [5.74, 6) is 1.88. The summed E-state index contributed by atoms with van der Waals surface area (Å²) in [4.78, 5) is 5.39. The predicted molar refractivity (Wildman–Crippen MR) is 134 cm³/mol. The average Bonchev–Trinajstić information content (AvgIpc) is 3.40. The van der Waals surface area contributed by atoms with Crippen LogP contribution in [0.2, 0.25) is 0 Å². The van der Waals surface area contributed by atoms with Crippen molar-refractivity contribution in [2.75, 3.05) is 6.61 Å². The Morgan fingerprint density at radius 3 is 1.97 bits per heavy atom. The summed E-state index contributed by atoms with van der Waals surface area (Å²) in [6.45, 7) is 12.9. The van der Waals surface area contributed by atoms with Crippen molar-refractivity contribution in [2.24, 2.45) is 27.2 Å². The van der Waals surface area contributed by atoms with E-state index >= 15 is 0 Å². The third-order valence-electron chi connectivity index (χ3n) is 9.88. The molecule has 3 fully saturated rings. The number of hydrogen-bond donors (Lipinski definition) is 0. The van der Waals surface area contributed by atoms with Crippen molar-refractivity contribution < 1.29 is 4.74 Å². The summed E-state index contributed by atoms with van der Waals surface area (Å²) in [5, 5.41) is 1.87. The van der Waals surface area contributed by atoms with Gasteiger partial charge in [-0.25, -0.2) is 4.99 Å². The molecule has 174 valence electrons. The van der Waals surface area contributed by atoms with E-state index in [-0.39, 0.29) is 24.2 Å². The lowest BCUT2D eigenvalue weighted by Gasteiger charge is -2.47. The zero-order valence-corrected chi connectivity index (χ0v) is 21.8. The van der Waals surface area contributed by atoms with Gasteiger partial charge in [0.05, 0.1) is 11.5 Å². The van der Waals surface area contributed by atoms with Crippen LogP contribution in [0.25, 0.3) is 0 Å². The highest BCUT2D eigenvalue weighted by Gasteiger charge is 2.66. The zero-order chi connectivity index (χ0) is 21.9. The molecule has 0 aromatic carbocycles. The quantitative estimate of drug-likeness (QED) is 0.400. The van der Waals surface area contributed by atoms with Gasteiger partial charge in [-0.05, 0) is 71.9 Å². The maximum atomic E-state index is 6.61. The first-order chi connectivity index (χ1) is 14.7. The fourth-order valence-corrected chi connectivity index (χ4v) is 12.2. The average molecular weight is 444 g/mol. The van der Waals surface area contributed by atoms with Crippen molar-refractivity contribution in [3.63, 3.8) is 0 Å². The minimum atomic E-state index is -0.0781. The van der Waals surface area contributed by atoms with E-state index in [2.05, 4.69) is 40.7 Å². The monoisotopic (exact) mass is 443 g/mol. The maximum Gasteiger partial charge on any atom is 0.195 e. The first-order valence-electron chi connectivity index (χ1n) is 13.5. The van der Waals surface area contributed by atoms with Crippen LogP contribution in [0.15, 0.2) is 16.4 Å². The predicted octanol–water partition coefficient (Wildman–Crippen LogP) is 8.30. The van der Waals surface area contributed by atoms with E-state index in [9.17, 15) is 0 Å². The molecule has 3 saturated carbocycles. The van der Waals surface area contributed by atoms with E-state index in [1.54, 1.807) is 0 Å². The second-order valence-corrected chi connectivity index (χ2v) is 15.7. The Morgan fingerprint density at radius 1 is 0.903 bits per heavy atom. The van der Waals surface area contributed by atoms with Gasteiger partial charge in [0.1, 0.15) is 6.61 Å². The molecule has 2 bridgehead atoms. The molecule has 5 aliphatic rings. The summed E-state index contributed by atoms with van der Waals surface area (Å²) < 4.78 is 6.61. The highest BCUT2D eigenvalue weighted by molar-refractivity contribution is 7.63. The van der Waals surface area contributed by atoms with Gasteiger partial charge in [0.15, 0.2) is 5.90 Å². The Morgan fingerprint density at radius 2 is 1.48 bits per heavy atom. The fourth-order valence-electron chi connectivity index (χ4n) is 7.71. The van der Waals surface area contributed by atoms with Crippen molar-refractivity contribution in [3.8, 4) is 0 Å². The van der Waals surface area contributed by atoms with E-state index in [1.165, 1.54) is 77.0 Å². The lowest BCUT2D eigenvalue weighted by Crippen LogP contribution is -2.42. The van der Waals surface area contributed by atoms with Crippen molar-refractivity contribution in [3.05, 3.63) is 11.4 Å². The fraction of sp³-hybridized carbons (Fsp3) is 0.893. The lowest BCUT2D eigenvalue weighted by molar-refractivity contribution is 0.174. The van der Waals surface area contributed by atoms with Gasteiger partial charge in [0.25, 0.3) is 0 Å². The van der Waals surface area contributed by atoms with Crippen LogP contribution >= 0.6 is 7.92 Å². The zero-order valence-electron chi connectivity index (χ0n) is 20.9. The van der Waals surface area contributed by atoms with E-state index in [0.717, 1.165) is 29.7 Å². The number of fused-ring (bicyclic) bond motifs is 2. The molecule has 4 aliphatic carbocycles. The highest BCUT2D eigenvalue weighted by atomic mass is 31.1. The number of nitrogens with zero attached hydrogens (tertiary/aromatic N) is 1. The summed E-state index contributed by atoms with van der Waals surface area (Å²) >= 11 is 0. The first-order valence-corrected chi connectivity index (χ1v) is 14.9. The van der Waals surface area contributed by atoms with Crippen LogP contribution < -0.4 is 0 Å². The molecule has 0 N–H and O–H groups in total. The van der Waals surface area contributed by atoms with Crippen molar-refractivity contribution >= 4 is 13.8 Å². The molecular formula is C28H46NOP. The van der Waals surface area contributed by atoms with E-state index < -0.39 is 0 Å². The second-order valence-electron chi connectivity index (χ2n) is 12.9. The molecule has 5 rings (SSSR count). The molecule has 0 amide bonds. The summed E-state index contributed by atoms with van der Waals surface area (Å²) in [7, 11) is -0.0781. The maximum absolute atomic E-state index is 6.61. The number of hydrogen-bond acceptors (Lipinski definition) is 2. The standard InChI is InChI=1S/C28H46NOP/c1-26(2,3)23-19-30-25(29-23)28-17-16-20(27(28,4)5)18-24(28)31(21-12-8-6-9-13-21)22-14-10-7-11-15-22/h18,20-23H,6-17,19H2,1-5H3/t20-,23-,28-/m1/s1. The molecule has 0 spiro atoms. The van der Waals surface area contributed by atoms with E-state index in [4.69, 9.17) is 9.73 Å². The largest absolute Gasteiger partial charge is 0.478 e. The van der Waals surface area contributed by atoms with Crippen LogP contribution in [-0.4, -0.2) is 29.9 Å². The number of allylic oxidation sites excluding steroid dienone is 1.